The van der Waals surface area contributed by atoms with Crippen molar-refractivity contribution in [1.29, 1.82) is 0 Å². The Hall–Kier alpha value is -0.730. The molecule has 3 nitrogen and oxygen atoms in total. The minimum atomic E-state index is 0.614. The highest BCUT2D eigenvalue weighted by atomic mass is 15.1. The Bertz CT molecular complexity index is 195. The molecule has 1 saturated carbocycles. The van der Waals surface area contributed by atoms with E-state index in [1.165, 1.54) is 44.9 Å². The summed E-state index contributed by atoms with van der Waals surface area (Å²) in [6.45, 7) is 3.92. The van der Waals surface area contributed by atoms with Gasteiger partial charge in [-0.3, -0.25) is 4.99 Å². The Balaban J connectivity index is 1.90. The Labute approximate surface area is 99.9 Å². The number of nitrogens with zero attached hydrogens (tertiary/aromatic N) is 1. The summed E-state index contributed by atoms with van der Waals surface area (Å²) in [6.07, 6.45) is 10.9. The molecule has 0 unspecified atom stereocenters. The molecule has 0 aliphatic heterocycles. The van der Waals surface area contributed by atoms with Gasteiger partial charge in [-0.1, -0.05) is 45.4 Å². The summed E-state index contributed by atoms with van der Waals surface area (Å²) in [7, 11) is 0. The zero-order valence-electron chi connectivity index (χ0n) is 10.7. The van der Waals surface area contributed by atoms with Crippen LogP contribution in [0.5, 0.6) is 0 Å². The van der Waals surface area contributed by atoms with Crippen LogP contribution in [0.15, 0.2) is 4.99 Å². The molecule has 3 N–H and O–H groups in total. The van der Waals surface area contributed by atoms with Crippen LogP contribution in [0.4, 0.5) is 0 Å². The van der Waals surface area contributed by atoms with Gasteiger partial charge in [0.25, 0.3) is 0 Å². The van der Waals surface area contributed by atoms with Gasteiger partial charge >= 0.3 is 0 Å². The first-order chi connectivity index (χ1) is 7.83. The highest BCUT2D eigenvalue weighted by molar-refractivity contribution is 5.77. The van der Waals surface area contributed by atoms with Crippen molar-refractivity contribution in [3.05, 3.63) is 0 Å². The maximum Gasteiger partial charge on any atom is 0.188 e. The zero-order chi connectivity index (χ0) is 11.6. The second-order valence-corrected chi connectivity index (χ2v) is 4.84. The Morgan fingerprint density at radius 2 is 2.06 bits per heavy atom. The van der Waals surface area contributed by atoms with E-state index >= 15 is 0 Å². The molecule has 0 aromatic heterocycles. The van der Waals surface area contributed by atoms with E-state index in [1.807, 2.05) is 0 Å². The molecule has 0 spiro atoms. The van der Waals surface area contributed by atoms with Crippen LogP contribution in [0.3, 0.4) is 0 Å². The summed E-state index contributed by atoms with van der Waals surface area (Å²) in [4.78, 5) is 4.20. The van der Waals surface area contributed by atoms with Gasteiger partial charge in [0.15, 0.2) is 5.96 Å². The van der Waals surface area contributed by atoms with Crippen LogP contribution in [0.2, 0.25) is 0 Å². The van der Waals surface area contributed by atoms with Crippen molar-refractivity contribution in [2.45, 2.75) is 58.3 Å². The largest absolute Gasteiger partial charge is 0.370 e. The van der Waals surface area contributed by atoms with Crippen molar-refractivity contribution in [2.24, 2.45) is 16.6 Å². The van der Waals surface area contributed by atoms with Crippen LogP contribution < -0.4 is 11.1 Å². The lowest BCUT2D eigenvalue weighted by molar-refractivity contribution is 0.473. The molecule has 16 heavy (non-hydrogen) atoms. The van der Waals surface area contributed by atoms with E-state index in [0.29, 0.717) is 5.96 Å². The fourth-order valence-electron chi connectivity index (χ4n) is 2.36. The van der Waals surface area contributed by atoms with Crippen molar-refractivity contribution in [3.63, 3.8) is 0 Å². The third-order valence-electron chi connectivity index (χ3n) is 3.33. The van der Waals surface area contributed by atoms with E-state index < -0.39 is 0 Å². The first-order valence-corrected chi connectivity index (χ1v) is 6.86. The predicted octanol–water partition coefficient (Wildman–Crippen LogP) is 2.66. The lowest BCUT2D eigenvalue weighted by Crippen LogP contribution is -2.32. The van der Waals surface area contributed by atoms with E-state index in [1.54, 1.807) is 0 Å². The fraction of sp³-hybridized carbons (Fsp3) is 0.923. The molecule has 0 heterocycles. The molecule has 0 aromatic carbocycles. The molecule has 3 heteroatoms. The average Bonchev–Trinajstić information content (AvgIpc) is 2.79. The van der Waals surface area contributed by atoms with E-state index in [-0.39, 0.29) is 0 Å². The number of unbranched alkanes of at least 4 members (excludes halogenated alkanes) is 1. The normalized spacial score (nSPS) is 17.9. The molecule has 0 bridgehead atoms. The molecule has 94 valence electrons. The van der Waals surface area contributed by atoms with Crippen molar-refractivity contribution < 1.29 is 0 Å². The molecule has 1 fully saturated rings. The fourth-order valence-corrected chi connectivity index (χ4v) is 2.36. The second kappa shape index (κ2) is 8.43. The Morgan fingerprint density at radius 1 is 1.31 bits per heavy atom. The molecule has 0 saturated heterocycles. The highest BCUT2D eigenvalue weighted by Gasteiger charge is 2.13. The van der Waals surface area contributed by atoms with Crippen LogP contribution >= 0.6 is 0 Å². The number of aliphatic imine (C=N–C) groups is 1. The standard InChI is InChI=1S/C13H27N3/c1-2-10-15-13(14)16-11-6-5-9-12-7-3-4-8-12/h12H,2-11H2,1H3,(H3,14,15,16). The van der Waals surface area contributed by atoms with Crippen LogP contribution in [-0.4, -0.2) is 19.0 Å². The SMILES string of the molecule is CCCN=C(N)NCCCCC1CCCC1. The van der Waals surface area contributed by atoms with Crippen LogP contribution in [0.1, 0.15) is 58.3 Å². The maximum absolute atomic E-state index is 5.70. The van der Waals surface area contributed by atoms with Crippen molar-refractivity contribution in [1.82, 2.24) is 5.32 Å². The molecule has 1 aliphatic rings. The van der Waals surface area contributed by atoms with E-state index in [2.05, 4.69) is 17.2 Å². The van der Waals surface area contributed by atoms with Gasteiger partial charge in [0.05, 0.1) is 0 Å². The first-order valence-electron chi connectivity index (χ1n) is 6.86. The smallest absolute Gasteiger partial charge is 0.188 e. The van der Waals surface area contributed by atoms with E-state index in [9.17, 15) is 0 Å². The number of rotatable bonds is 7. The van der Waals surface area contributed by atoms with Gasteiger partial charge in [0.1, 0.15) is 0 Å². The minimum absolute atomic E-state index is 0.614. The molecule has 0 amide bonds. The maximum atomic E-state index is 5.70. The highest BCUT2D eigenvalue weighted by Crippen LogP contribution is 2.28. The number of hydrogen-bond acceptors (Lipinski definition) is 1. The topological polar surface area (TPSA) is 50.4 Å². The van der Waals surface area contributed by atoms with Crippen molar-refractivity contribution in [2.75, 3.05) is 13.1 Å². The summed E-state index contributed by atoms with van der Waals surface area (Å²) >= 11 is 0. The van der Waals surface area contributed by atoms with Crippen molar-refractivity contribution in [3.8, 4) is 0 Å². The molecular formula is C13H27N3. The Morgan fingerprint density at radius 3 is 2.75 bits per heavy atom. The van der Waals surface area contributed by atoms with Gasteiger partial charge in [-0.2, -0.15) is 0 Å². The van der Waals surface area contributed by atoms with E-state index in [4.69, 9.17) is 5.73 Å². The summed E-state index contributed by atoms with van der Waals surface area (Å²) in [5.74, 6) is 1.63. The summed E-state index contributed by atoms with van der Waals surface area (Å²) < 4.78 is 0. The monoisotopic (exact) mass is 225 g/mol. The summed E-state index contributed by atoms with van der Waals surface area (Å²) in [5.41, 5.74) is 5.70. The number of guanidine groups is 1. The van der Waals surface area contributed by atoms with Crippen LogP contribution in [0.25, 0.3) is 0 Å². The molecule has 1 aliphatic carbocycles. The quantitative estimate of drug-likeness (QED) is 0.397. The van der Waals surface area contributed by atoms with Gasteiger partial charge in [0, 0.05) is 13.1 Å². The first kappa shape index (κ1) is 13.3. The van der Waals surface area contributed by atoms with Crippen LogP contribution in [-0.2, 0) is 0 Å². The minimum Gasteiger partial charge on any atom is -0.370 e. The van der Waals surface area contributed by atoms with E-state index in [0.717, 1.165) is 25.4 Å². The zero-order valence-corrected chi connectivity index (χ0v) is 10.7. The Kier molecular flexibility index (Phi) is 7.02. The molecule has 0 aromatic rings. The average molecular weight is 225 g/mol. The van der Waals surface area contributed by atoms with Crippen molar-refractivity contribution >= 4 is 5.96 Å². The summed E-state index contributed by atoms with van der Waals surface area (Å²) in [5, 5.41) is 3.17. The number of nitrogens with two attached hydrogens (primary N) is 1. The lowest BCUT2D eigenvalue weighted by atomic mass is 10.0. The molecule has 1 rings (SSSR count). The molecule has 0 radical (unpaired) electrons. The second-order valence-electron chi connectivity index (χ2n) is 4.84. The number of hydrogen-bond donors (Lipinski definition) is 2. The van der Waals surface area contributed by atoms with Gasteiger partial charge in [-0.25, -0.2) is 0 Å². The summed E-state index contributed by atoms with van der Waals surface area (Å²) in [6, 6.07) is 0. The molecule has 0 atom stereocenters. The van der Waals surface area contributed by atoms with Gasteiger partial charge in [-0.15, -0.1) is 0 Å². The third kappa shape index (κ3) is 5.99. The van der Waals surface area contributed by atoms with Gasteiger partial charge < -0.3 is 11.1 Å². The number of nitrogens with one attached hydrogen (secondary N) is 1. The van der Waals surface area contributed by atoms with Crippen LogP contribution in [0, 0.1) is 5.92 Å². The lowest BCUT2D eigenvalue weighted by Gasteiger charge is -2.09. The predicted molar refractivity (Wildman–Crippen MR) is 70.6 cm³/mol. The molecular weight excluding hydrogens is 198 g/mol. The van der Waals surface area contributed by atoms with Gasteiger partial charge in [0.2, 0.25) is 0 Å². The van der Waals surface area contributed by atoms with Gasteiger partial charge in [-0.05, 0) is 18.8 Å². The third-order valence-corrected chi connectivity index (χ3v) is 3.33.